The fourth-order valence-corrected chi connectivity index (χ4v) is 1.59. The Labute approximate surface area is 82.0 Å². The van der Waals surface area contributed by atoms with Gasteiger partial charge in [-0.15, -0.1) is 0 Å². The number of fused-ring (bicyclic) bond motifs is 1. The predicted octanol–water partition coefficient (Wildman–Crippen LogP) is 1.79. The first-order valence-corrected chi connectivity index (χ1v) is 4.34. The zero-order valence-corrected chi connectivity index (χ0v) is 8.02. The van der Waals surface area contributed by atoms with Crippen LogP contribution in [0.5, 0.6) is 0 Å². The van der Waals surface area contributed by atoms with Gasteiger partial charge < -0.3 is 5.11 Å². The number of imidazole rings is 1. The van der Waals surface area contributed by atoms with Gasteiger partial charge in [-0.1, -0.05) is 0 Å². The van der Waals surface area contributed by atoms with E-state index in [1.807, 2.05) is 6.07 Å². The smallest absolute Gasteiger partial charge is 0.372 e. The van der Waals surface area contributed by atoms with Gasteiger partial charge in [-0.05, 0) is 28.1 Å². The first-order chi connectivity index (χ1) is 6.20. The van der Waals surface area contributed by atoms with E-state index in [0.717, 1.165) is 9.99 Å². The number of aromatic carboxylic acids is 1. The van der Waals surface area contributed by atoms with Gasteiger partial charge in [0, 0.05) is 10.7 Å². The number of aromatic nitrogens is 2. The SMILES string of the molecule is O=C(O)c1ncc2c(Br)cccn12. The molecule has 0 radical (unpaired) electrons. The van der Waals surface area contributed by atoms with Crippen LogP contribution < -0.4 is 0 Å². The van der Waals surface area contributed by atoms with E-state index in [1.165, 1.54) is 10.6 Å². The van der Waals surface area contributed by atoms with E-state index in [1.54, 1.807) is 12.3 Å². The van der Waals surface area contributed by atoms with Crippen molar-refractivity contribution in [2.24, 2.45) is 0 Å². The van der Waals surface area contributed by atoms with Crippen molar-refractivity contribution in [1.29, 1.82) is 0 Å². The minimum atomic E-state index is -1.03. The molecule has 4 nitrogen and oxygen atoms in total. The number of carboxylic acid groups (broad SMARTS) is 1. The summed E-state index contributed by atoms with van der Waals surface area (Å²) >= 11 is 3.31. The van der Waals surface area contributed by atoms with Crippen LogP contribution in [0.1, 0.15) is 10.6 Å². The monoisotopic (exact) mass is 240 g/mol. The highest BCUT2D eigenvalue weighted by Crippen LogP contribution is 2.18. The lowest BCUT2D eigenvalue weighted by atomic mass is 10.4. The molecule has 0 aliphatic heterocycles. The number of pyridine rings is 1. The molecule has 0 bridgehead atoms. The first kappa shape index (κ1) is 8.25. The van der Waals surface area contributed by atoms with Gasteiger partial charge in [0.05, 0.1) is 11.7 Å². The molecule has 2 heterocycles. The van der Waals surface area contributed by atoms with Gasteiger partial charge >= 0.3 is 5.97 Å². The lowest BCUT2D eigenvalue weighted by Crippen LogP contribution is -2.02. The topological polar surface area (TPSA) is 54.6 Å². The molecule has 0 saturated carbocycles. The summed E-state index contributed by atoms with van der Waals surface area (Å²) in [6.07, 6.45) is 3.18. The van der Waals surface area contributed by atoms with E-state index in [-0.39, 0.29) is 5.82 Å². The highest BCUT2D eigenvalue weighted by atomic mass is 79.9. The molecular formula is C8H5BrN2O2. The van der Waals surface area contributed by atoms with E-state index in [2.05, 4.69) is 20.9 Å². The molecule has 2 rings (SSSR count). The van der Waals surface area contributed by atoms with E-state index < -0.39 is 5.97 Å². The van der Waals surface area contributed by atoms with Crippen LogP contribution in [0.4, 0.5) is 0 Å². The third kappa shape index (κ3) is 1.21. The third-order valence-electron chi connectivity index (χ3n) is 1.71. The van der Waals surface area contributed by atoms with E-state index in [9.17, 15) is 4.79 Å². The average Bonchev–Trinajstić information content (AvgIpc) is 2.48. The van der Waals surface area contributed by atoms with Crippen LogP contribution in [0.15, 0.2) is 29.0 Å². The quantitative estimate of drug-likeness (QED) is 0.828. The highest BCUT2D eigenvalue weighted by Gasteiger charge is 2.11. The maximum atomic E-state index is 10.7. The van der Waals surface area contributed by atoms with Crippen LogP contribution in [-0.2, 0) is 0 Å². The van der Waals surface area contributed by atoms with Crippen molar-refractivity contribution in [3.63, 3.8) is 0 Å². The zero-order valence-electron chi connectivity index (χ0n) is 6.44. The summed E-state index contributed by atoms with van der Waals surface area (Å²) < 4.78 is 2.35. The Kier molecular flexibility index (Phi) is 1.81. The summed E-state index contributed by atoms with van der Waals surface area (Å²) in [5.74, 6) is -1.01. The molecule has 0 aliphatic carbocycles. The molecule has 2 aromatic rings. The van der Waals surface area contributed by atoms with Crippen LogP contribution in [0, 0.1) is 0 Å². The van der Waals surface area contributed by atoms with E-state index in [0.29, 0.717) is 0 Å². The Balaban J connectivity index is 2.83. The molecule has 1 N–H and O–H groups in total. The number of carbonyl (C=O) groups is 1. The van der Waals surface area contributed by atoms with Gasteiger partial charge in [0.2, 0.25) is 5.82 Å². The summed E-state index contributed by atoms with van der Waals surface area (Å²) in [5.41, 5.74) is 0.750. The molecule has 66 valence electrons. The van der Waals surface area contributed by atoms with Gasteiger partial charge in [-0.3, -0.25) is 4.40 Å². The lowest BCUT2D eigenvalue weighted by molar-refractivity contribution is 0.0683. The number of halogens is 1. The van der Waals surface area contributed by atoms with Crippen molar-refractivity contribution < 1.29 is 9.90 Å². The first-order valence-electron chi connectivity index (χ1n) is 3.55. The summed E-state index contributed by atoms with van der Waals surface area (Å²) in [6.45, 7) is 0. The molecule has 0 amide bonds. The number of hydrogen-bond donors (Lipinski definition) is 1. The molecule has 2 aromatic heterocycles. The van der Waals surface area contributed by atoms with Gasteiger partial charge in [0.15, 0.2) is 0 Å². The molecule has 0 saturated heterocycles. The summed E-state index contributed by atoms with van der Waals surface area (Å²) in [4.78, 5) is 14.5. The van der Waals surface area contributed by atoms with Crippen LogP contribution >= 0.6 is 15.9 Å². The summed E-state index contributed by atoms with van der Waals surface area (Å²) in [7, 11) is 0. The minimum Gasteiger partial charge on any atom is -0.475 e. The standard InChI is InChI=1S/C8H5BrN2O2/c9-5-2-1-3-11-6(5)4-10-7(11)8(12)13/h1-4H,(H,12,13). The average molecular weight is 241 g/mol. The third-order valence-corrected chi connectivity index (χ3v) is 2.38. The molecule has 0 unspecified atom stereocenters. The van der Waals surface area contributed by atoms with Gasteiger partial charge in [0.25, 0.3) is 0 Å². The Morgan fingerprint density at radius 3 is 3.08 bits per heavy atom. The number of hydrogen-bond acceptors (Lipinski definition) is 2. The molecule has 5 heteroatoms. The summed E-state index contributed by atoms with van der Waals surface area (Å²) in [6, 6.07) is 3.59. The summed E-state index contributed by atoms with van der Waals surface area (Å²) in [5, 5.41) is 8.76. The van der Waals surface area contributed by atoms with Gasteiger partial charge in [-0.2, -0.15) is 0 Å². The second-order valence-corrected chi connectivity index (χ2v) is 3.35. The van der Waals surface area contributed by atoms with Crippen molar-refractivity contribution in [1.82, 2.24) is 9.38 Å². The molecule has 0 spiro atoms. The molecule has 0 aromatic carbocycles. The fraction of sp³-hybridized carbons (Fsp3) is 0. The largest absolute Gasteiger partial charge is 0.475 e. The second kappa shape index (κ2) is 2.85. The van der Waals surface area contributed by atoms with Crippen molar-refractivity contribution in [3.8, 4) is 0 Å². The Bertz CT molecular complexity index is 478. The van der Waals surface area contributed by atoms with Crippen molar-refractivity contribution in [2.45, 2.75) is 0 Å². The molecule has 0 atom stereocenters. The van der Waals surface area contributed by atoms with Gasteiger partial charge in [0.1, 0.15) is 0 Å². The number of carboxylic acids is 1. The molecule has 0 aliphatic rings. The maximum absolute atomic E-state index is 10.7. The Morgan fingerprint density at radius 1 is 1.62 bits per heavy atom. The number of nitrogens with zero attached hydrogens (tertiary/aromatic N) is 2. The number of rotatable bonds is 1. The van der Waals surface area contributed by atoms with Crippen molar-refractivity contribution in [2.75, 3.05) is 0 Å². The highest BCUT2D eigenvalue weighted by molar-refractivity contribution is 9.10. The molecule has 13 heavy (non-hydrogen) atoms. The van der Waals surface area contributed by atoms with Crippen molar-refractivity contribution in [3.05, 3.63) is 34.8 Å². The van der Waals surface area contributed by atoms with Crippen LogP contribution in [0.2, 0.25) is 0 Å². The zero-order chi connectivity index (χ0) is 9.42. The van der Waals surface area contributed by atoms with Crippen LogP contribution in [0.3, 0.4) is 0 Å². The Morgan fingerprint density at radius 2 is 2.38 bits per heavy atom. The molecular weight excluding hydrogens is 236 g/mol. The fourth-order valence-electron chi connectivity index (χ4n) is 1.15. The Hall–Kier alpha value is -1.36. The van der Waals surface area contributed by atoms with E-state index >= 15 is 0 Å². The van der Waals surface area contributed by atoms with Gasteiger partial charge in [-0.25, -0.2) is 9.78 Å². The second-order valence-electron chi connectivity index (χ2n) is 2.50. The maximum Gasteiger partial charge on any atom is 0.372 e. The predicted molar refractivity (Wildman–Crippen MR) is 49.9 cm³/mol. The normalized spacial score (nSPS) is 10.5. The lowest BCUT2D eigenvalue weighted by Gasteiger charge is -1.96. The van der Waals surface area contributed by atoms with Crippen LogP contribution in [-0.4, -0.2) is 20.5 Å². The van der Waals surface area contributed by atoms with E-state index in [4.69, 9.17) is 5.11 Å². The molecule has 0 fully saturated rings. The minimum absolute atomic E-state index is 0.0244. The van der Waals surface area contributed by atoms with Crippen LogP contribution in [0.25, 0.3) is 5.52 Å². The van der Waals surface area contributed by atoms with Crippen molar-refractivity contribution >= 4 is 27.4 Å².